The van der Waals surface area contributed by atoms with Crippen molar-refractivity contribution in [2.75, 3.05) is 26.2 Å². The van der Waals surface area contributed by atoms with Crippen LogP contribution in [0.5, 0.6) is 0 Å². The van der Waals surface area contributed by atoms with Crippen LogP contribution in [0.3, 0.4) is 0 Å². The highest BCUT2D eigenvalue weighted by molar-refractivity contribution is 9.10. The maximum atomic E-state index is 12.0. The van der Waals surface area contributed by atoms with Crippen molar-refractivity contribution in [3.8, 4) is 0 Å². The zero-order valence-electron chi connectivity index (χ0n) is 16.8. The van der Waals surface area contributed by atoms with Gasteiger partial charge < -0.3 is 10.2 Å². The molecule has 2 aromatic carbocycles. The Morgan fingerprint density at radius 3 is 1.71 bits per heavy atom. The van der Waals surface area contributed by atoms with Crippen LogP contribution < -0.4 is 5.32 Å². The van der Waals surface area contributed by atoms with E-state index >= 15 is 0 Å². The molecule has 0 saturated carbocycles. The fraction of sp³-hybridized carbons (Fsp3) is 0.364. The summed E-state index contributed by atoms with van der Waals surface area (Å²) in [7, 11) is 0. The van der Waals surface area contributed by atoms with Gasteiger partial charge in [0, 0.05) is 22.0 Å². The molecule has 2 fully saturated rings. The number of benzene rings is 2. The van der Waals surface area contributed by atoms with Crippen LogP contribution in [0.4, 0.5) is 0 Å². The largest absolute Gasteiger partial charge is 0.339 e. The summed E-state index contributed by atoms with van der Waals surface area (Å²) in [5.41, 5.74) is 0.913. The first-order chi connectivity index (χ1) is 14.8. The maximum Gasteiger partial charge on any atom is 0.255 e. The monoisotopic (exact) mass is 610 g/mol. The van der Waals surface area contributed by atoms with Gasteiger partial charge in [0.1, 0.15) is 0 Å². The number of halogens is 5. The van der Waals surface area contributed by atoms with Crippen LogP contribution in [0.25, 0.3) is 0 Å². The smallest absolute Gasteiger partial charge is 0.255 e. The van der Waals surface area contributed by atoms with Gasteiger partial charge in [0.2, 0.25) is 0 Å². The summed E-state index contributed by atoms with van der Waals surface area (Å²) < 4.78 is 1.44. The number of hydrogen-bond acceptors (Lipinski definition) is 3. The SMILES string of the molecule is C1CCNC1.O=C(Cl)c1cccc(Br)c1Cl.O=C(c1cccc(Br)c1Cl)N1CCCC1. The van der Waals surface area contributed by atoms with Crippen molar-refractivity contribution in [2.45, 2.75) is 25.7 Å². The molecule has 4 rings (SSSR count). The number of likely N-dealkylation sites (tertiary alicyclic amines) is 1. The zero-order chi connectivity index (χ0) is 22.8. The van der Waals surface area contributed by atoms with Gasteiger partial charge in [-0.15, -0.1) is 0 Å². The summed E-state index contributed by atoms with van der Waals surface area (Å²) >= 11 is 23.5. The van der Waals surface area contributed by atoms with E-state index in [4.69, 9.17) is 34.8 Å². The Balaban J connectivity index is 0.000000186. The molecule has 1 N–H and O–H groups in total. The molecule has 0 radical (unpaired) electrons. The topological polar surface area (TPSA) is 49.4 Å². The van der Waals surface area contributed by atoms with E-state index in [-0.39, 0.29) is 5.91 Å². The van der Waals surface area contributed by atoms with Gasteiger partial charge in [-0.2, -0.15) is 0 Å². The van der Waals surface area contributed by atoms with Gasteiger partial charge in [-0.25, -0.2) is 0 Å². The van der Waals surface area contributed by atoms with Crippen LogP contribution in [0.2, 0.25) is 10.0 Å². The van der Waals surface area contributed by atoms with E-state index in [1.165, 1.54) is 25.9 Å². The number of carbonyl (C=O) groups excluding carboxylic acids is 2. The molecule has 2 aliphatic rings. The lowest BCUT2D eigenvalue weighted by molar-refractivity contribution is 0.0792. The molecule has 0 aromatic heterocycles. The number of carbonyl (C=O) groups is 2. The number of nitrogens with one attached hydrogen (secondary N) is 1. The summed E-state index contributed by atoms with van der Waals surface area (Å²) in [6.07, 6.45) is 4.97. The average Bonchev–Trinajstić information content (AvgIpc) is 3.48. The maximum absolute atomic E-state index is 12.0. The highest BCUT2D eigenvalue weighted by Crippen LogP contribution is 2.28. The third-order valence-corrected chi connectivity index (χ3v) is 7.49. The van der Waals surface area contributed by atoms with E-state index in [0.717, 1.165) is 30.4 Å². The van der Waals surface area contributed by atoms with Crippen LogP contribution in [0, 0.1) is 0 Å². The molecule has 31 heavy (non-hydrogen) atoms. The standard InChI is InChI=1S/C11H11BrClNO.C7H3BrCl2O.C4H9N/c12-9-5-3-4-8(10(9)13)11(15)14-6-1-2-7-14;8-5-3-1-2-4(6(5)9)7(10)11;1-2-4-5-3-1/h3-5H,1-2,6-7H2;1-3H;5H,1-4H2. The molecule has 1 amide bonds. The molecule has 9 heteroatoms. The molecule has 0 spiro atoms. The number of rotatable bonds is 2. The van der Waals surface area contributed by atoms with Crippen molar-refractivity contribution in [1.82, 2.24) is 10.2 Å². The van der Waals surface area contributed by atoms with E-state index in [1.807, 2.05) is 17.0 Å². The van der Waals surface area contributed by atoms with Crippen LogP contribution in [-0.2, 0) is 0 Å². The quantitative estimate of drug-likeness (QED) is 0.365. The normalized spacial score (nSPS) is 14.9. The van der Waals surface area contributed by atoms with Crippen LogP contribution >= 0.6 is 66.7 Å². The molecule has 2 heterocycles. The van der Waals surface area contributed by atoms with Crippen LogP contribution in [0.1, 0.15) is 46.4 Å². The minimum atomic E-state index is -0.545. The Labute approximate surface area is 214 Å². The number of amides is 1. The third kappa shape index (κ3) is 8.34. The summed E-state index contributed by atoms with van der Waals surface area (Å²) in [5.74, 6) is 0.0406. The fourth-order valence-electron chi connectivity index (χ4n) is 3.04. The molecule has 0 bridgehead atoms. The van der Waals surface area contributed by atoms with Crippen LogP contribution in [-0.4, -0.2) is 42.2 Å². The van der Waals surface area contributed by atoms with Crippen molar-refractivity contribution in [3.63, 3.8) is 0 Å². The van der Waals surface area contributed by atoms with E-state index < -0.39 is 5.24 Å². The van der Waals surface area contributed by atoms with Crippen LogP contribution in [0.15, 0.2) is 45.3 Å². The zero-order valence-corrected chi connectivity index (χ0v) is 22.2. The number of nitrogens with zero attached hydrogens (tertiary/aromatic N) is 1. The summed E-state index contributed by atoms with van der Waals surface area (Å²) in [6, 6.07) is 10.5. The Kier molecular flexibility index (Phi) is 11.9. The van der Waals surface area contributed by atoms with Gasteiger partial charge >= 0.3 is 0 Å². The second kappa shape index (κ2) is 13.8. The second-order valence-electron chi connectivity index (χ2n) is 6.93. The predicted octanol–water partition coefficient (Wildman–Crippen LogP) is 7.19. The minimum absolute atomic E-state index is 0.0406. The molecule has 0 unspecified atom stereocenters. The van der Waals surface area contributed by atoms with Crippen molar-refractivity contribution in [3.05, 3.63) is 66.5 Å². The Bertz CT molecular complexity index is 895. The van der Waals surface area contributed by atoms with E-state index in [1.54, 1.807) is 24.3 Å². The molecule has 2 saturated heterocycles. The Hall–Kier alpha value is -0.630. The number of hydrogen-bond donors (Lipinski definition) is 1. The average molecular weight is 614 g/mol. The van der Waals surface area contributed by atoms with Gasteiger partial charge in [-0.1, -0.05) is 35.3 Å². The molecule has 168 valence electrons. The highest BCUT2D eigenvalue weighted by atomic mass is 79.9. The molecule has 2 aliphatic heterocycles. The first-order valence-corrected chi connectivity index (χ1v) is 12.6. The Morgan fingerprint density at radius 2 is 1.29 bits per heavy atom. The first kappa shape index (κ1) is 26.6. The molecule has 2 aromatic rings. The van der Waals surface area contributed by atoms with Gasteiger partial charge in [0.05, 0.1) is 21.2 Å². The Morgan fingerprint density at radius 1 is 0.806 bits per heavy atom. The highest BCUT2D eigenvalue weighted by Gasteiger charge is 2.21. The molecular weight excluding hydrogens is 590 g/mol. The lowest BCUT2D eigenvalue weighted by Gasteiger charge is -2.16. The lowest BCUT2D eigenvalue weighted by atomic mass is 10.2. The van der Waals surface area contributed by atoms with Gasteiger partial charge in [-0.05, 0) is 106 Å². The van der Waals surface area contributed by atoms with Gasteiger partial charge in [0.15, 0.2) is 0 Å². The van der Waals surface area contributed by atoms with E-state index in [0.29, 0.717) is 25.6 Å². The molecule has 0 aliphatic carbocycles. The van der Waals surface area contributed by atoms with Crippen molar-refractivity contribution in [2.24, 2.45) is 0 Å². The second-order valence-corrected chi connectivity index (χ2v) is 9.74. The molecule has 0 atom stereocenters. The van der Waals surface area contributed by atoms with Crippen molar-refractivity contribution in [1.29, 1.82) is 0 Å². The first-order valence-electron chi connectivity index (χ1n) is 9.90. The summed E-state index contributed by atoms with van der Waals surface area (Å²) in [6.45, 7) is 4.20. The fourth-order valence-corrected chi connectivity index (χ4v) is 4.40. The molecular formula is C22H23Br2Cl3N2O2. The third-order valence-electron chi connectivity index (χ3n) is 4.70. The van der Waals surface area contributed by atoms with Gasteiger partial charge in [0.25, 0.3) is 11.1 Å². The van der Waals surface area contributed by atoms with Crippen molar-refractivity contribution < 1.29 is 9.59 Å². The summed E-state index contributed by atoms with van der Waals surface area (Å²) in [4.78, 5) is 24.6. The molecule has 4 nitrogen and oxygen atoms in total. The summed E-state index contributed by atoms with van der Waals surface area (Å²) in [5, 5.41) is 3.54. The lowest BCUT2D eigenvalue weighted by Crippen LogP contribution is -2.27. The van der Waals surface area contributed by atoms with Crippen molar-refractivity contribution >= 4 is 77.8 Å². The minimum Gasteiger partial charge on any atom is -0.339 e. The van der Waals surface area contributed by atoms with E-state index in [9.17, 15) is 9.59 Å². The van der Waals surface area contributed by atoms with Gasteiger partial charge in [-0.3, -0.25) is 9.59 Å². The predicted molar refractivity (Wildman–Crippen MR) is 136 cm³/mol. The van der Waals surface area contributed by atoms with E-state index in [2.05, 4.69) is 37.2 Å².